The number of allylic oxidation sites excluding steroid dienone is 1. The van der Waals surface area contributed by atoms with Crippen LogP contribution in [0, 0.1) is 0 Å². The van der Waals surface area contributed by atoms with Gasteiger partial charge >= 0.3 is 5.97 Å². The molecule has 0 fully saturated rings. The highest BCUT2D eigenvalue weighted by Gasteiger charge is 2.13. The van der Waals surface area contributed by atoms with Crippen molar-refractivity contribution >= 4 is 17.8 Å². The summed E-state index contributed by atoms with van der Waals surface area (Å²) in [7, 11) is 1.57. The van der Waals surface area contributed by atoms with Gasteiger partial charge in [0.2, 0.25) is 0 Å². The number of carbonyl (C=O) groups excluding carboxylic acids is 1. The molecule has 0 radical (unpaired) electrons. The molecule has 21 heavy (non-hydrogen) atoms. The molecule has 0 saturated carbocycles. The van der Waals surface area contributed by atoms with Gasteiger partial charge in [-0.3, -0.25) is 4.79 Å². The van der Waals surface area contributed by atoms with E-state index in [0.717, 1.165) is 5.56 Å². The van der Waals surface area contributed by atoms with E-state index in [0.29, 0.717) is 5.75 Å². The number of carboxylic acids is 1. The molecular formula is C17H14O4. The van der Waals surface area contributed by atoms with Gasteiger partial charge in [-0.05, 0) is 29.8 Å². The van der Waals surface area contributed by atoms with Crippen molar-refractivity contribution in [3.8, 4) is 5.75 Å². The summed E-state index contributed by atoms with van der Waals surface area (Å²) in [5.41, 5.74) is 0.970. The summed E-state index contributed by atoms with van der Waals surface area (Å²) < 4.78 is 5.10. The molecule has 0 amide bonds. The van der Waals surface area contributed by atoms with Crippen LogP contribution in [0.15, 0.2) is 54.6 Å². The molecule has 0 unspecified atom stereocenters. The lowest BCUT2D eigenvalue weighted by Gasteiger charge is -2.02. The van der Waals surface area contributed by atoms with Crippen molar-refractivity contribution in [3.63, 3.8) is 0 Å². The highest BCUT2D eigenvalue weighted by Crippen LogP contribution is 2.15. The van der Waals surface area contributed by atoms with Crippen LogP contribution < -0.4 is 4.74 Å². The first-order chi connectivity index (χ1) is 10.1. The maximum Gasteiger partial charge on any atom is 0.336 e. The minimum Gasteiger partial charge on any atom is -0.497 e. The lowest BCUT2D eigenvalue weighted by molar-refractivity contribution is 0.0693. The van der Waals surface area contributed by atoms with Crippen LogP contribution in [0.4, 0.5) is 0 Å². The predicted octanol–water partition coefficient (Wildman–Crippen LogP) is 3.29. The highest BCUT2D eigenvalue weighted by molar-refractivity contribution is 6.12. The summed E-state index contributed by atoms with van der Waals surface area (Å²) in [5, 5.41) is 9.08. The Kier molecular flexibility index (Phi) is 4.51. The Labute approximate surface area is 122 Å². The zero-order valence-electron chi connectivity index (χ0n) is 11.4. The van der Waals surface area contributed by atoms with Gasteiger partial charge in [0.1, 0.15) is 5.75 Å². The third-order valence-corrected chi connectivity index (χ3v) is 2.94. The number of rotatable bonds is 5. The fraction of sp³-hybridized carbons (Fsp3) is 0.0588. The van der Waals surface area contributed by atoms with Crippen LogP contribution in [0.2, 0.25) is 0 Å². The summed E-state index contributed by atoms with van der Waals surface area (Å²) in [6.07, 6.45) is 2.99. The van der Waals surface area contributed by atoms with E-state index in [2.05, 4.69) is 0 Å². The fourth-order valence-electron chi connectivity index (χ4n) is 1.89. The molecule has 0 bridgehead atoms. The quantitative estimate of drug-likeness (QED) is 0.675. The summed E-state index contributed by atoms with van der Waals surface area (Å²) in [6, 6.07) is 13.4. The molecule has 106 valence electrons. The molecule has 0 aliphatic rings. The highest BCUT2D eigenvalue weighted by atomic mass is 16.5. The third-order valence-electron chi connectivity index (χ3n) is 2.94. The van der Waals surface area contributed by atoms with Crippen LogP contribution in [0.25, 0.3) is 6.08 Å². The van der Waals surface area contributed by atoms with Gasteiger partial charge in [0, 0.05) is 5.56 Å². The Morgan fingerprint density at radius 1 is 1.05 bits per heavy atom. The summed E-state index contributed by atoms with van der Waals surface area (Å²) >= 11 is 0. The van der Waals surface area contributed by atoms with E-state index in [1.165, 1.54) is 18.2 Å². The molecular weight excluding hydrogens is 268 g/mol. The maximum absolute atomic E-state index is 12.1. The largest absolute Gasteiger partial charge is 0.497 e. The second-order valence-electron chi connectivity index (χ2n) is 4.32. The van der Waals surface area contributed by atoms with Crippen molar-refractivity contribution in [2.24, 2.45) is 0 Å². The Morgan fingerprint density at radius 2 is 1.76 bits per heavy atom. The first kappa shape index (κ1) is 14.5. The van der Waals surface area contributed by atoms with Gasteiger partial charge in [-0.25, -0.2) is 4.79 Å². The SMILES string of the molecule is COc1cccc(C=CC(=O)c2ccccc2C(=O)O)c1. The first-order valence-electron chi connectivity index (χ1n) is 6.30. The number of ether oxygens (including phenoxy) is 1. The second-order valence-corrected chi connectivity index (χ2v) is 4.32. The van der Waals surface area contributed by atoms with E-state index >= 15 is 0 Å². The molecule has 4 heteroatoms. The van der Waals surface area contributed by atoms with Crippen LogP contribution in [0.1, 0.15) is 26.3 Å². The number of carboxylic acid groups (broad SMARTS) is 1. The van der Waals surface area contributed by atoms with Crippen molar-refractivity contribution < 1.29 is 19.4 Å². The topological polar surface area (TPSA) is 63.6 Å². The Balaban J connectivity index is 2.25. The maximum atomic E-state index is 12.1. The number of aromatic carboxylic acids is 1. The van der Waals surface area contributed by atoms with Crippen molar-refractivity contribution in [2.75, 3.05) is 7.11 Å². The zero-order valence-corrected chi connectivity index (χ0v) is 11.4. The molecule has 0 heterocycles. The average Bonchev–Trinajstić information content (AvgIpc) is 2.52. The first-order valence-corrected chi connectivity index (χ1v) is 6.30. The number of hydrogen-bond acceptors (Lipinski definition) is 3. The van der Waals surface area contributed by atoms with Crippen molar-refractivity contribution in [3.05, 3.63) is 71.3 Å². The van der Waals surface area contributed by atoms with Gasteiger partial charge in [-0.1, -0.05) is 36.4 Å². The Morgan fingerprint density at radius 3 is 2.43 bits per heavy atom. The average molecular weight is 282 g/mol. The minimum atomic E-state index is -1.12. The van der Waals surface area contributed by atoms with E-state index in [-0.39, 0.29) is 16.9 Å². The van der Waals surface area contributed by atoms with Crippen LogP contribution >= 0.6 is 0 Å². The standard InChI is InChI=1S/C17H14O4/c1-21-13-6-4-5-12(11-13)9-10-16(18)14-7-2-3-8-15(14)17(19)20/h2-11H,1H3,(H,19,20). The molecule has 0 atom stereocenters. The van der Waals surface area contributed by atoms with Crippen LogP contribution in [-0.4, -0.2) is 24.0 Å². The number of benzene rings is 2. The predicted molar refractivity (Wildman–Crippen MR) is 79.8 cm³/mol. The Bertz CT molecular complexity index is 701. The number of ketones is 1. The molecule has 2 rings (SSSR count). The van der Waals surface area contributed by atoms with Gasteiger partial charge in [-0.15, -0.1) is 0 Å². The molecule has 0 spiro atoms. The van der Waals surface area contributed by atoms with Gasteiger partial charge in [0.05, 0.1) is 12.7 Å². The summed E-state index contributed by atoms with van der Waals surface area (Å²) in [5.74, 6) is -0.778. The molecule has 0 saturated heterocycles. The lowest BCUT2D eigenvalue weighted by Crippen LogP contribution is -2.06. The van der Waals surface area contributed by atoms with Crippen molar-refractivity contribution in [1.82, 2.24) is 0 Å². The molecule has 2 aromatic rings. The van der Waals surface area contributed by atoms with E-state index < -0.39 is 5.97 Å². The van der Waals surface area contributed by atoms with Crippen LogP contribution in [0.3, 0.4) is 0 Å². The minimum absolute atomic E-state index is 0.00204. The Hall–Kier alpha value is -2.88. The van der Waals surface area contributed by atoms with Gasteiger partial charge in [0.15, 0.2) is 5.78 Å². The fourth-order valence-corrected chi connectivity index (χ4v) is 1.89. The van der Waals surface area contributed by atoms with Gasteiger partial charge in [-0.2, -0.15) is 0 Å². The third kappa shape index (κ3) is 3.57. The molecule has 0 aliphatic carbocycles. The van der Waals surface area contributed by atoms with E-state index in [4.69, 9.17) is 9.84 Å². The molecule has 1 N–H and O–H groups in total. The van der Waals surface area contributed by atoms with E-state index in [1.807, 2.05) is 12.1 Å². The molecule has 4 nitrogen and oxygen atoms in total. The number of carbonyl (C=O) groups is 2. The summed E-state index contributed by atoms with van der Waals surface area (Å²) in [6.45, 7) is 0. The van der Waals surface area contributed by atoms with Gasteiger partial charge in [0.25, 0.3) is 0 Å². The van der Waals surface area contributed by atoms with Gasteiger partial charge < -0.3 is 9.84 Å². The second kappa shape index (κ2) is 6.52. The van der Waals surface area contributed by atoms with Crippen molar-refractivity contribution in [2.45, 2.75) is 0 Å². The van der Waals surface area contributed by atoms with Crippen molar-refractivity contribution in [1.29, 1.82) is 0 Å². The molecule has 2 aromatic carbocycles. The number of methoxy groups -OCH3 is 1. The normalized spacial score (nSPS) is 10.5. The lowest BCUT2D eigenvalue weighted by atomic mass is 10.0. The smallest absolute Gasteiger partial charge is 0.336 e. The van der Waals surface area contributed by atoms with E-state index in [1.54, 1.807) is 37.5 Å². The molecule has 0 aromatic heterocycles. The van der Waals surface area contributed by atoms with Crippen LogP contribution in [0.5, 0.6) is 5.75 Å². The monoisotopic (exact) mass is 282 g/mol. The van der Waals surface area contributed by atoms with Crippen LogP contribution in [-0.2, 0) is 0 Å². The number of hydrogen-bond donors (Lipinski definition) is 1. The van der Waals surface area contributed by atoms with E-state index in [9.17, 15) is 9.59 Å². The molecule has 0 aliphatic heterocycles. The zero-order chi connectivity index (χ0) is 15.2. The summed E-state index contributed by atoms with van der Waals surface area (Å²) in [4.78, 5) is 23.2.